The molecule has 0 amide bonds. The van der Waals surface area contributed by atoms with E-state index in [4.69, 9.17) is 58.0 Å². The van der Waals surface area contributed by atoms with Crippen LogP contribution in [-0.4, -0.2) is 0 Å². The Morgan fingerprint density at radius 1 is 1.00 bits per heavy atom. The third-order valence-electron chi connectivity index (χ3n) is 2.92. The molecule has 0 unspecified atom stereocenters. The number of halogens is 7. The van der Waals surface area contributed by atoms with Crippen molar-refractivity contribution in [1.29, 1.82) is 0 Å². The molecule has 0 aliphatic carbocycles. The van der Waals surface area contributed by atoms with E-state index >= 15 is 0 Å². The van der Waals surface area contributed by atoms with E-state index in [9.17, 15) is 8.78 Å². The van der Waals surface area contributed by atoms with Gasteiger partial charge in [0.1, 0.15) is 11.6 Å². The molecule has 2 aromatic carbocycles. The fraction of sp³-hybridized carbons (Fsp3) is 0.143. The van der Waals surface area contributed by atoms with E-state index < -0.39 is 15.4 Å². The average Bonchev–Trinajstić information content (AvgIpc) is 2.37. The van der Waals surface area contributed by atoms with Gasteiger partial charge in [-0.1, -0.05) is 76.2 Å². The predicted molar refractivity (Wildman–Crippen MR) is 85.8 cm³/mol. The minimum Gasteiger partial charge on any atom is -0.206 e. The Kier molecular flexibility index (Phi) is 4.97. The summed E-state index contributed by atoms with van der Waals surface area (Å²) in [6.45, 7) is 1.55. The zero-order valence-corrected chi connectivity index (χ0v) is 14.2. The van der Waals surface area contributed by atoms with Gasteiger partial charge in [0.25, 0.3) is 0 Å². The third kappa shape index (κ3) is 3.25. The molecule has 0 atom stereocenters. The highest BCUT2D eigenvalue weighted by molar-refractivity contribution is 6.66. The smallest absolute Gasteiger partial charge is 0.206 e. The van der Waals surface area contributed by atoms with E-state index in [-0.39, 0.29) is 26.7 Å². The normalized spacial score (nSPS) is 11.8. The lowest BCUT2D eigenvalue weighted by Gasteiger charge is -2.18. The fourth-order valence-corrected chi connectivity index (χ4v) is 2.74. The van der Waals surface area contributed by atoms with Crippen molar-refractivity contribution < 1.29 is 8.78 Å². The molecule has 112 valence electrons. The molecule has 0 saturated carbocycles. The van der Waals surface area contributed by atoms with Gasteiger partial charge in [-0.2, -0.15) is 0 Å². The van der Waals surface area contributed by atoms with Gasteiger partial charge in [0.05, 0.1) is 10.0 Å². The van der Waals surface area contributed by atoms with Crippen LogP contribution in [0.5, 0.6) is 0 Å². The van der Waals surface area contributed by atoms with E-state index in [0.717, 1.165) is 6.07 Å². The second kappa shape index (κ2) is 6.10. The van der Waals surface area contributed by atoms with Crippen molar-refractivity contribution in [2.45, 2.75) is 10.7 Å². The molecule has 0 heterocycles. The molecule has 0 N–H and O–H groups in total. The summed E-state index contributed by atoms with van der Waals surface area (Å²) >= 11 is 29.1. The Balaban J connectivity index is 2.86. The van der Waals surface area contributed by atoms with Gasteiger partial charge in [0, 0.05) is 16.7 Å². The highest BCUT2D eigenvalue weighted by atomic mass is 35.6. The van der Waals surface area contributed by atoms with Gasteiger partial charge in [-0.15, -0.1) is 0 Å². The lowest BCUT2D eigenvalue weighted by molar-refractivity contribution is 0.604. The van der Waals surface area contributed by atoms with Crippen LogP contribution >= 0.6 is 58.0 Å². The van der Waals surface area contributed by atoms with Crippen molar-refractivity contribution in [3.05, 3.63) is 57.1 Å². The summed E-state index contributed by atoms with van der Waals surface area (Å²) in [7, 11) is 0. The maximum absolute atomic E-state index is 14.6. The van der Waals surface area contributed by atoms with Crippen molar-refractivity contribution in [3.63, 3.8) is 0 Å². The monoisotopic (exact) mass is 388 g/mol. The van der Waals surface area contributed by atoms with Gasteiger partial charge < -0.3 is 0 Å². The SMILES string of the molecule is Cc1cccc(-c2c(F)c(C(Cl)(Cl)Cl)cc(Cl)c2Cl)c1F. The molecular weight excluding hydrogens is 383 g/mol. The maximum atomic E-state index is 14.6. The van der Waals surface area contributed by atoms with Crippen LogP contribution in [0.25, 0.3) is 11.1 Å². The van der Waals surface area contributed by atoms with Gasteiger partial charge in [0.15, 0.2) is 0 Å². The van der Waals surface area contributed by atoms with Crippen LogP contribution in [-0.2, 0) is 3.79 Å². The van der Waals surface area contributed by atoms with Crippen LogP contribution in [0.15, 0.2) is 24.3 Å². The first-order valence-electron chi connectivity index (χ1n) is 5.64. The van der Waals surface area contributed by atoms with Crippen LogP contribution in [0.2, 0.25) is 10.0 Å². The van der Waals surface area contributed by atoms with E-state index in [2.05, 4.69) is 0 Å². The number of benzene rings is 2. The summed E-state index contributed by atoms with van der Waals surface area (Å²) in [6, 6.07) is 5.61. The lowest BCUT2D eigenvalue weighted by atomic mass is 9.99. The molecule has 7 heteroatoms. The number of hydrogen-bond donors (Lipinski definition) is 0. The average molecular weight is 390 g/mol. The zero-order valence-electron chi connectivity index (χ0n) is 10.5. The van der Waals surface area contributed by atoms with E-state index in [1.807, 2.05) is 0 Å². The number of hydrogen-bond acceptors (Lipinski definition) is 0. The number of alkyl halides is 3. The number of rotatable bonds is 1. The van der Waals surface area contributed by atoms with Crippen molar-refractivity contribution >= 4 is 58.0 Å². The topological polar surface area (TPSA) is 0 Å². The summed E-state index contributed by atoms with van der Waals surface area (Å²) < 4.78 is 26.8. The first-order valence-corrected chi connectivity index (χ1v) is 7.53. The second-order valence-corrected chi connectivity index (χ2v) is 7.41. The molecule has 0 aliphatic heterocycles. The Bertz CT molecular complexity index is 707. The molecule has 2 aromatic rings. The molecule has 0 saturated heterocycles. The highest BCUT2D eigenvalue weighted by Crippen LogP contribution is 2.46. The van der Waals surface area contributed by atoms with Gasteiger partial charge in [-0.25, -0.2) is 8.78 Å². The Labute approximate surface area is 145 Å². The Hall–Kier alpha value is -0.250. The molecular formula is C14H7Cl5F2. The number of aryl methyl sites for hydroxylation is 1. The van der Waals surface area contributed by atoms with Gasteiger partial charge in [-0.3, -0.25) is 0 Å². The summed E-state index contributed by atoms with van der Waals surface area (Å²) in [5.74, 6) is -1.54. The summed E-state index contributed by atoms with van der Waals surface area (Å²) in [6.07, 6.45) is 0. The van der Waals surface area contributed by atoms with Crippen molar-refractivity contribution in [3.8, 4) is 11.1 Å². The molecule has 0 fully saturated rings. The van der Waals surface area contributed by atoms with Crippen molar-refractivity contribution in [2.75, 3.05) is 0 Å². The van der Waals surface area contributed by atoms with Crippen LogP contribution in [0, 0.1) is 18.6 Å². The molecule has 0 aromatic heterocycles. The summed E-state index contributed by atoms with van der Waals surface area (Å²) in [5.41, 5.74) is -0.238. The van der Waals surface area contributed by atoms with E-state index in [1.165, 1.54) is 6.07 Å². The van der Waals surface area contributed by atoms with E-state index in [1.54, 1.807) is 19.1 Å². The van der Waals surface area contributed by atoms with Crippen LogP contribution in [0.3, 0.4) is 0 Å². The maximum Gasteiger partial charge on any atom is 0.218 e. The molecule has 21 heavy (non-hydrogen) atoms. The van der Waals surface area contributed by atoms with Crippen LogP contribution < -0.4 is 0 Å². The first kappa shape index (κ1) is 17.1. The largest absolute Gasteiger partial charge is 0.218 e. The first-order chi connectivity index (χ1) is 9.64. The third-order valence-corrected chi connectivity index (χ3v) is 4.32. The molecule has 0 nitrogen and oxygen atoms in total. The molecule has 2 rings (SSSR count). The molecule has 0 spiro atoms. The summed E-state index contributed by atoms with van der Waals surface area (Å²) in [4.78, 5) is 0. The Morgan fingerprint density at radius 3 is 2.19 bits per heavy atom. The van der Waals surface area contributed by atoms with Crippen molar-refractivity contribution in [1.82, 2.24) is 0 Å². The van der Waals surface area contributed by atoms with Crippen molar-refractivity contribution in [2.24, 2.45) is 0 Å². The quantitative estimate of drug-likeness (QED) is 0.361. The van der Waals surface area contributed by atoms with E-state index in [0.29, 0.717) is 5.56 Å². The minimum absolute atomic E-state index is 0.0321. The van der Waals surface area contributed by atoms with Crippen LogP contribution in [0.1, 0.15) is 11.1 Å². The Morgan fingerprint density at radius 2 is 1.62 bits per heavy atom. The van der Waals surface area contributed by atoms with Gasteiger partial charge >= 0.3 is 0 Å². The van der Waals surface area contributed by atoms with Crippen LogP contribution in [0.4, 0.5) is 8.78 Å². The van der Waals surface area contributed by atoms with Gasteiger partial charge in [-0.05, 0) is 18.6 Å². The molecule has 0 aliphatic rings. The lowest BCUT2D eigenvalue weighted by Crippen LogP contribution is -2.06. The fourth-order valence-electron chi connectivity index (χ4n) is 1.89. The molecule has 0 radical (unpaired) electrons. The molecule has 0 bridgehead atoms. The summed E-state index contributed by atoms with van der Waals surface area (Å²) in [5, 5.41) is -0.174. The zero-order chi connectivity index (χ0) is 15.9. The second-order valence-electron chi connectivity index (χ2n) is 4.34. The minimum atomic E-state index is -2.05. The van der Waals surface area contributed by atoms with Gasteiger partial charge in [0.2, 0.25) is 3.79 Å². The highest BCUT2D eigenvalue weighted by Gasteiger charge is 2.31. The predicted octanol–water partition coefficient (Wildman–Crippen LogP) is 7.07. The standard InChI is InChI=1S/C14H7Cl5F2/c1-6-3-2-4-7(12(6)20)10-11(16)9(15)5-8(13(10)21)14(17,18)19/h2-5H,1H3.